The van der Waals surface area contributed by atoms with Gasteiger partial charge in [0.1, 0.15) is 28.7 Å². The van der Waals surface area contributed by atoms with Crippen LogP contribution in [0.4, 0.5) is 14.5 Å². The fourth-order valence-electron chi connectivity index (χ4n) is 7.71. The van der Waals surface area contributed by atoms with Crippen molar-refractivity contribution in [2.45, 2.75) is 60.3 Å². The summed E-state index contributed by atoms with van der Waals surface area (Å²) >= 11 is 5.89. The number of aromatic nitrogens is 1. The van der Waals surface area contributed by atoms with Crippen molar-refractivity contribution in [1.29, 1.82) is 0 Å². The van der Waals surface area contributed by atoms with E-state index in [9.17, 15) is 43.0 Å². The standard InChI is InChI=1S/C19H16ClNO4.C13H8F2O3.C13H21N3O.C13H18O2/c1-11-15(10-18(22)23)16-9-14(25-2)7-8-17(16)21(11)19(24)12-3-5-13(20)6-4-12;14-8-2-3-9(11(15)6-8)7-1-4-12(16)10(5-7)13(17)18;1-3-16(4-2)10-9-15-13(17)11-5-7-12(14)8-6-11;1-9(2)8-11-4-6-12(7-5-11)10(3)13(14)15/h3-9H,10H2,1-2H3,(H,22,23);1-6,16H,(H,17,18);5-8H,3-4,9-10,14H2,1-2H3,(H,15,17);4-7,9-10H,8H2,1-3H3,(H,14,15). The van der Waals surface area contributed by atoms with E-state index in [4.69, 9.17) is 32.3 Å². The van der Waals surface area contributed by atoms with E-state index in [2.05, 4.69) is 37.9 Å². The number of phenols is 1. The molecule has 1 amide bonds. The summed E-state index contributed by atoms with van der Waals surface area (Å²) in [5.74, 6) is -4.43. The van der Waals surface area contributed by atoms with Crippen molar-refractivity contribution in [1.82, 2.24) is 14.8 Å². The van der Waals surface area contributed by atoms with Gasteiger partial charge in [0, 0.05) is 57.6 Å². The lowest BCUT2D eigenvalue weighted by Crippen LogP contribution is -2.34. The van der Waals surface area contributed by atoms with E-state index in [-0.39, 0.29) is 34.9 Å². The number of carboxylic acids is 3. The summed E-state index contributed by atoms with van der Waals surface area (Å²) in [6, 6.07) is 33.3. The minimum Gasteiger partial charge on any atom is -0.507 e. The lowest BCUT2D eigenvalue weighted by Gasteiger charge is -2.17. The topological polar surface area (TPSA) is 222 Å². The number of benzene rings is 6. The van der Waals surface area contributed by atoms with E-state index in [0.717, 1.165) is 49.8 Å². The highest BCUT2D eigenvalue weighted by Gasteiger charge is 2.22. The molecule has 0 aliphatic carbocycles. The predicted octanol–water partition coefficient (Wildman–Crippen LogP) is 11.4. The summed E-state index contributed by atoms with van der Waals surface area (Å²) in [7, 11) is 1.54. The number of methoxy groups -OCH3 is 1. The molecule has 0 aliphatic rings. The third kappa shape index (κ3) is 17.3. The zero-order valence-corrected chi connectivity index (χ0v) is 43.6. The van der Waals surface area contributed by atoms with Crippen LogP contribution < -0.4 is 15.8 Å². The number of nitrogen functional groups attached to an aromatic ring is 1. The molecule has 0 saturated heterocycles. The third-order valence-corrected chi connectivity index (χ3v) is 12.2. The molecule has 0 bridgehead atoms. The number of aromatic carboxylic acids is 1. The van der Waals surface area contributed by atoms with Gasteiger partial charge in [-0.25, -0.2) is 13.6 Å². The van der Waals surface area contributed by atoms with E-state index in [0.29, 0.717) is 68.3 Å². The maximum absolute atomic E-state index is 13.5. The van der Waals surface area contributed by atoms with Gasteiger partial charge in [0.25, 0.3) is 11.8 Å². The Balaban J connectivity index is 0.000000221. The lowest BCUT2D eigenvalue weighted by atomic mass is 9.97. The predicted molar refractivity (Wildman–Crippen MR) is 288 cm³/mol. The van der Waals surface area contributed by atoms with Gasteiger partial charge in [-0.05, 0) is 153 Å². The zero-order chi connectivity index (χ0) is 55.5. The molecule has 14 nitrogen and oxygen atoms in total. The van der Waals surface area contributed by atoms with Crippen molar-refractivity contribution >= 4 is 57.9 Å². The lowest BCUT2D eigenvalue weighted by molar-refractivity contribution is -0.138. The molecular weight excluding hydrogens is 986 g/mol. The Kier molecular flexibility index (Phi) is 22.5. The molecule has 17 heteroatoms. The number of aromatic hydroxyl groups is 1. The monoisotopic (exact) mass is 1050 g/mol. The Hall–Kier alpha value is -8.08. The molecule has 7 N–H and O–H groups in total. The minimum atomic E-state index is -1.32. The first-order chi connectivity index (χ1) is 35.6. The van der Waals surface area contributed by atoms with Crippen molar-refractivity contribution in [2.24, 2.45) is 5.92 Å². The number of likely N-dealkylation sites (N-methyl/N-ethyl adjacent to an activating group) is 1. The van der Waals surface area contributed by atoms with Crippen molar-refractivity contribution < 1.29 is 57.9 Å². The molecule has 6 aromatic carbocycles. The van der Waals surface area contributed by atoms with E-state index in [1.807, 2.05) is 24.3 Å². The number of carbonyl (C=O) groups excluding carboxylic acids is 2. The number of fused-ring (bicyclic) bond motifs is 1. The Labute approximate surface area is 440 Å². The molecular formula is C58H63ClF2N4O10. The highest BCUT2D eigenvalue weighted by Crippen LogP contribution is 2.32. The summed E-state index contributed by atoms with van der Waals surface area (Å²) in [6.45, 7) is 15.6. The minimum absolute atomic E-state index is 0.0443. The van der Waals surface area contributed by atoms with Crippen LogP contribution in [0.15, 0.2) is 127 Å². The van der Waals surface area contributed by atoms with E-state index >= 15 is 0 Å². The SMILES string of the molecule is CC(C)Cc1ccc(C(C)C(=O)O)cc1.CCN(CC)CCNC(=O)c1ccc(N)cc1.COc1ccc2c(c1)c(CC(=O)O)c(C)n2C(=O)c1ccc(Cl)cc1.O=C(O)c1cc(-c2ccc(F)cc2F)ccc1O. The molecule has 0 fully saturated rings. The van der Waals surface area contributed by atoms with Gasteiger partial charge in [0.05, 0.1) is 25.0 Å². The molecule has 1 unspecified atom stereocenters. The first kappa shape index (κ1) is 59.5. The normalized spacial score (nSPS) is 11.0. The quantitative estimate of drug-likeness (QED) is 0.0498. The molecule has 0 aliphatic heterocycles. The maximum atomic E-state index is 13.5. The van der Waals surface area contributed by atoms with Crippen molar-refractivity contribution in [3.63, 3.8) is 0 Å². The molecule has 7 aromatic rings. The van der Waals surface area contributed by atoms with Gasteiger partial charge in [-0.1, -0.05) is 69.6 Å². The van der Waals surface area contributed by atoms with E-state index in [1.165, 1.54) is 22.3 Å². The van der Waals surface area contributed by atoms with Crippen LogP contribution >= 0.6 is 11.6 Å². The van der Waals surface area contributed by atoms with Crippen LogP contribution in [-0.2, 0) is 22.4 Å². The number of nitrogens with one attached hydrogen (secondary N) is 1. The van der Waals surface area contributed by atoms with Gasteiger partial charge in [-0.3, -0.25) is 23.7 Å². The highest BCUT2D eigenvalue weighted by atomic mass is 35.5. The molecule has 1 heterocycles. The fourth-order valence-corrected chi connectivity index (χ4v) is 7.83. The van der Waals surface area contributed by atoms with Gasteiger partial charge < -0.3 is 41.1 Å². The number of amides is 1. The van der Waals surface area contributed by atoms with Gasteiger partial charge in [-0.15, -0.1) is 0 Å². The van der Waals surface area contributed by atoms with E-state index in [1.54, 1.807) is 87.7 Å². The number of hydrogen-bond donors (Lipinski definition) is 6. The Morgan fingerprint density at radius 2 is 1.41 bits per heavy atom. The second-order valence-electron chi connectivity index (χ2n) is 17.6. The molecule has 7 rings (SSSR count). The summed E-state index contributed by atoms with van der Waals surface area (Å²) in [6.07, 6.45) is 0.873. The van der Waals surface area contributed by atoms with Gasteiger partial charge in [0.15, 0.2) is 0 Å². The average Bonchev–Trinajstić information content (AvgIpc) is 3.64. The number of hydrogen-bond acceptors (Lipinski definition) is 9. The number of rotatable bonds is 16. The van der Waals surface area contributed by atoms with Crippen LogP contribution in [0.2, 0.25) is 5.02 Å². The van der Waals surface area contributed by atoms with Crippen LogP contribution in [-0.4, -0.2) is 92.9 Å². The Morgan fingerprint density at radius 1 is 0.787 bits per heavy atom. The number of carboxylic acid groups (broad SMARTS) is 3. The van der Waals surface area contributed by atoms with Crippen LogP contribution in [0.3, 0.4) is 0 Å². The Morgan fingerprint density at radius 3 is 1.96 bits per heavy atom. The smallest absolute Gasteiger partial charge is 0.339 e. The van der Waals surface area contributed by atoms with E-state index < -0.39 is 41.2 Å². The molecule has 1 atom stereocenters. The molecule has 75 heavy (non-hydrogen) atoms. The molecule has 0 radical (unpaired) electrons. The molecule has 1 aromatic heterocycles. The maximum Gasteiger partial charge on any atom is 0.339 e. The van der Waals surface area contributed by atoms with Gasteiger partial charge in [0.2, 0.25) is 0 Å². The largest absolute Gasteiger partial charge is 0.507 e. The average molecular weight is 1050 g/mol. The van der Waals surface area contributed by atoms with Crippen LogP contribution in [0.1, 0.15) is 94.0 Å². The van der Waals surface area contributed by atoms with Crippen LogP contribution in [0.5, 0.6) is 11.5 Å². The molecule has 396 valence electrons. The zero-order valence-electron chi connectivity index (χ0n) is 42.9. The number of nitrogens with two attached hydrogens (primary N) is 1. The summed E-state index contributed by atoms with van der Waals surface area (Å²) in [4.78, 5) is 59.9. The molecule has 0 saturated carbocycles. The fraction of sp³-hybridized carbons (Fsp3) is 0.259. The summed E-state index contributed by atoms with van der Waals surface area (Å²) in [5.41, 5.74) is 11.3. The first-order valence-electron chi connectivity index (χ1n) is 24.0. The van der Waals surface area contributed by atoms with Crippen molar-refractivity contribution in [3.8, 4) is 22.6 Å². The number of nitrogens with zero attached hydrogens (tertiary/aromatic N) is 2. The number of carbonyl (C=O) groups is 5. The third-order valence-electron chi connectivity index (χ3n) is 11.9. The Bertz CT molecular complexity index is 3070. The summed E-state index contributed by atoms with van der Waals surface area (Å²) in [5, 5.41) is 40.4. The second kappa shape index (κ2) is 28.4. The van der Waals surface area contributed by atoms with Gasteiger partial charge >= 0.3 is 17.9 Å². The first-order valence-corrected chi connectivity index (χ1v) is 24.4. The summed E-state index contributed by atoms with van der Waals surface area (Å²) < 4.78 is 33.1. The number of anilines is 1. The van der Waals surface area contributed by atoms with Crippen molar-refractivity contribution in [2.75, 3.05) is 39.0 Å². The van der Waals surface area contributed by atoms with Crippen LogP contribution in [0.25, 0.3) is 22.0 Å². The number of aliphatic carboxylic acids is 2. The van der Waals surface area contributed by atoms with Crippen LogP contribution in [0, 0.1) is 24.5 Å². The van der Waals surface area contributed by atoms with Gasteiger partial charge in [-0.2, -0.15) is 0 Å². The van der Waals surface area contributed by atoms with Crippen molar-refractivity contribution in [3.05, 3.63) is 183 Å². The number of halogens is 3. The highest BCUT2D eigenvalue weighted by molar-refractivity contribution is 6.30. The second-order valence-corrected chi connectivity index (χ2v) is 18.1. The molecule has 0 spiro atoms. The number of ether oxygens (including phenoxy) is 1.